The number of halogens is 1. The summed E-state index contributed by atoms with van der Waals surface area (Å²) in [7, 11) is 0. The number of hydrogen-bond donors (Lipinski definition) is 2. The van der Waals surface area contributed by atoms with Crippen LogP contribution in [0.15, 0.2) is 60.7 Å². The highest BCUT2D eigenvalue weighted by molar-refractivity contribution is 6.33. The minimum Gasteiger partial charge on any atom is -0.338 e. The molecule has 1 aromatic heterocycles. The smallest absolute Gasteiger partial charge is 0.255 e. The molecular formula is C22H18ClN3O. The molecule has 0 saturated carbocycles. The van der Waals surface area contributed by atoms with Crippen LogP contribution in [0.3, 0.4) is 0 Å². The van der Waals surface area contributed by atoms with E-state index in [0.29, 0.717) is 22.1 Å². The maximum Gasteiger partial charge on any atom is 0.255 e. The lowest BCUT2D eigenvalue weighted by molar-refractivity contribution is 0.102. The van der Waals surface area contributed by atoms with E-state index in [1.807, 2.05) is 62.4 Å². The van der Waals surface area contributed by atoms with Crippen LogP contribution >= 0.6 is 11.6 Å². The molecule has 0 bridgehead atoms. The van der Waals surface area contributed by atoms with Crippen molar-refractivity contribution in [2.24, 2.45) is 0 Å². The first-order chi connectivity index (χ1) is 13.0. The minimum atomic E-state index is -0.153. The zero-order chi connectivity index (χ0) is 19.0. The number of carbonyl (C=O) groups excluding carboxylic acids is 1. The number of aromatic amines is 1. The maximum absolute atomic E-state index is 12.6. The summed E-state index contributed by atoms with van der Waals surface area (Å²) in [5.41, 5.74) is 5.96. The van der Waals surface area contributed by atoms with Gasteiger partial charge in [0, 0.05) is 16.8 Å². The lowest BCUT2D eigenvalue weighted by atomic mass is 10.1. The van der Waals surface area contributed by atoms with Crippen molar-refractivity contribution < 1.29 is 4.79 Å². The van der Waals surface area contributed by atoms with Crippen LogP contribution in [0.2, 0.25) is 5.02 Å². The van der Waals surface area contributed by atoms with Crippen LogP contribution in [0.25, 0.3) is 22.4 Å². The number of nitrogens with zero attached hydrogens (tertiary/aromatic N) is 1. The first kappa shape index (κ1) is 17.3. The Morgan fingerprint density at radius 2 is 1.74 bits per heavy atom. The van der Waals surface area contributed by atoms with Crippen LogP contribution in [0.4, 0.5) is 5.69 Å². The number of rotatable bonds is 3. The SMILES string of the molecule is Cc1cc(C)cc(C(=O)Nc2ccc(Cl)c(-c3nc4ccccc4[nH]3)c2)c1. The van der Waals surface area contributed by atoms with Crippen molar-refractivity contribution in [1.29, 1.82) is 0 Å². The second-order valence-electron chi connectivity index (χ2n) is 6.63. The zero-order valence-electron chi connectivity index (χ0n) is 15.0. The van der Waals surface area contributed by atoms with Crippen molar-refractivity contribution in [2.45, 2.75) is 13.8 Å². The number of anilines is 1. The summed E-state index contributed by atoms with van der Waals surface area (Å²) in [6.45, 7) is 3.96. The summed E-state index contributed by atoms with van der Waals surface area (Å²) >= 11 is 6.38. The molecule has 0 saturated heterocycles. The number of hydrogen-bond acceptors (Lipinski definition) is 2. The first-order valence-corrected chi connectivity index (χ1v) is 9.02. The van der Waals surface area contributed by atoms with Crippen molar-refractivity contribution in [2.75, 3.05) is 5.32 Å². The summed E-state index contributed by atoms with van der Waals surface area (Å²) in [5, 5.41) is 3.51. The van der Waals surface area contributed by atoms with Crippen LogP contribution in [-0.4, -0.2) is 15.9 Å². The van der Waals surface area contributed by atoms with Gasteiger partial charge in [0.1, 0.15) is 5.82 Å². The van der Waals surface area contributed by atoms with Gasteiger partial charge in [0.15, 0.2) is 0 Å². The van der Waals surface area contributed by atoms with Crippen molar-refractivity contribution in [1.82, 2.24) is 9.97 Å². The van der Waals surface area contributed by atoms with E-state index in [1.165, 1.54) is 0 Å². The van der Waals surface area contributed by atoms with Crippen molar-refractivity contribution >= 4 is 34.2 Å². The van der Waals surface area contributed by atoms with Gasteiger partial charge in [-0.2, -0.15) is 0 Å². The number of benzene rings is 3. The van der Waals surface area contributed by atoms with Crippen molar-refractivity contribution in [3.8, 4) is 11.4 Å². The Labute approximate surface area is 162 Å². The van der Waals surface area contributed by atoms with Crippen molar-refractivity contribution in [3.05, 3.63) is 82.4 Å². The average molecular weight is 376 g/mol. The van der Waals surface area contributed by atoms with E-state index in [-0.39, 0.29) is 5.91 Å². The van der Waals surface area contributed by atoms with Crippen LogP contribution in [0.1, 0.15) is 21.5 Å². The van der Waals surface area contributed by atoms with Crippen LogP contribution < -0.4 is 5.32 Å². The molecule has 0 aliphatic heterocycles. The molecule has 4 aromatic rings. The van der Waals surface area contributed by atoms with Gasteiger partial charge in [-0.05, 0) is 56.3 Å². The summed E-state index contributed by atoms with van der Waals surface area (Å²) in [6, 6.07) is 19.0. The van der Waals surface area contributed by atoms with Gasteiger partial charge in [-0.15, -0.1) is 0 Å². The molecule has 1 amide bonds. The van der Waals surface area contributed by atoms with Gasteiger partial charge in [-0.1, -0.05) is 40.9 Å². The quantitative estimate of drug-likeness (QED) is 0.478. The topological polar surface area (TPSA) is 57.8 Å². The number of nitrogens with one attached hydrogen (secondary N) is 2. The van der Waals surface area contributed by atoms with E-state index < -0.39 is 0 Å². The normalized spacial score (nSPS) is 10.9. The summed E-state index contributed by atoms with van der Waals surface area (Å²) in [6.07, 6.45) is 0. The molecule has 4 rings (SSSR count). The Balaban J connectivity index is 1.66. The maximum atomic E-state index is 12.6. The summed E-state index contributed by atoms with van der Waals surface area (Å²) < 4.78 is 0. The standard InChI is InChI=1S/C22H18ClN3O/c1-13-9-14(2)11-15(10-13)22(27)24-16-7-8-18(23)17(12-16)21-25-19-5-3-4-6-20(19)26-21/h3-12H,1-2H3,(H,24,27)(H,25,26). The fraction of sp³-hybridized carbons (Fsp3) is 0.0909. The molecule has 4 nitrogen and oxygen atoms in total. The van der Waals surface area contributed by atoms with E-state index in [0.717, 1.165) is 27.7 Å². The third-order valence-corrected chi connectivity index (χ3v) is 4.68. The number of aromatic nitrogens is 2. The second-order valence-corrected chi connectivity index (χ2v) is 7.03. The first-order valence-electron chi connectivity index (χ1n) is 8.64. The zero-order valence-corrected chi connectivity index (χ0v) is 15.8. The predicted octanol–water partition coefficient (Wildman–Crippen LogP) is 5.75. The van der Waals surface area contributed by atoms with Crippen LogP contribution in [0.5, 0.6) is 0 Å². The number of carbonyl (C=O) groups is 1. The Hall–Kier alpha value is -3.11. The number of fused-ring (bicyclic) bond motifs is 1. The molecule has 0 atom stereocenters. The third kappa shape index (κ3) is 3.57. The monoisotopic (exact) mass is 375 g/mol. The Kier molecular flexibility index (Phi) is 4.42. The Morgan fingerprint density at radius 1 is 1.00 bits per heavy atom. The molecule has 27 heavy (non-hydrogen) atoms. The molecule has 0 spiro atoms. The molecule has 0 radical (unpaired) electrons. The fourth-order valence-corrected chi connectivity index (χ4v) is 3.38. The molecule has 2 N–H and O–H groups in total. The molecule has 0 fully saturated rings. The molecule has 134 valence electrons. The molecule has 3 aromatic carbocycles. The molecule has 5 heteroatoms. The van der Waals surface area contributed by atoms with Gasteiger partial charge in [-0.3, -0.25) is 4.79 Å². The van der Waals surface area contributed by atoms with E-state index in [1.54, 1.807) is 12.1 Å². The molecular weight excluding hydrogens is 358 g/mol. The number of amides is 1. The highest BCUT2D eigenvalue weighted by atomic mass is 35.5. The highest BCUT2D eigenvalue weighted by Gasteiger charge is 2.12. The molecule has 1 heterocycles. The largest absolute Gasteiger partial charge is 0.338 e. The molecule has 0 aliphatic rings. The summed E-state index contributed by atoms with van der Waals surface area (Å²) in [5.74, 6) is 0.517. The lowest BCUT2D eigenvalue weighted by Crippen LogP contribution is -2.12. The number of aryl methyl sites for hydroxylation is 2. The third-order valence-electron chi connectivity index (χ3n) is 4.35. The number of imidazole rings is 1. The van der Waals surface area contributed by atoms with Crippen molar-refractivity contribution in [3.63, 3.8) is 0 Å². The number of H-pyrrole nitrogens is 1. The second kappa shape index (κ2) is 6.89. The van der Waals surface area contributed by atoms with E-state index in [4.69, 9.17) is 11.6 Å². The fourth-order valence-electron chi connectivity index (χ4n) is 3.17. The van der Waals surface area contributed by atoms with E-state index >= 15 is 0 Å². The van der Waals surface area contributed by atoms with Crippen LogP contribution in [-0.2, 0) is 0 Å². The summed E-state index contributed by atoms with van der Waals surface area (Å²) in [4.78, 5) is 20.5. The van der Waals surface area contributed by atoms with E-state index in [2.05, 4.69) is 15.3 Å². The van der Waals surface area contributed by atoms with E-state index in [9.17, 15) is 4.79 Å². The predicted molar refractivity (Wildman–Crippen MR) is 110 cm³/mol. The Bertz CT molecular complexity index is 1110. The minimum absolute atomic E-state index is 0.153. The van der Waals surface area contributed by atoms with Gasteiger partial charge in [-0.25, -0.2) is 4.98 Å². The van der Waals surface area contributed by atoms with Gasteiger partial charge in [0.25, 0.3) is 5.91 Å². The van der Waals surface area contributed by atoms with Gasteiger partial charge in [0.05, 0.1) is 16.1 Å². The van der Waals surface area contributed by atoms with Gasteiger partial charge < -0.3 is 10.3 Å². The highest BCUT2D eigenvalue weighted by Crippen LogP contribution is 2.30. The van der Waals surface area contributed by atoms with Gasteiger partial charge >= 0.3 is 0 Å². The lowest BCUT2D eigenvalue weighted by Gasteiger charge is -2.09. The van der Waals surface area contributed by atoms with Gasteiger partial charge in [0.2, 0.25) is 0 Å². The Morgan fingerprint density at radius 3 is 2.48 bits per heavy atom. The molecule has 0 aliphatic carbocycles. The van der Waals surface area contributed by atoms with Crippen LogP contribution in [0, 0.1) is 13.8 Å². The molecule has 0 unspecified atom stereocenters. The number of para-hydroxylation sites is 2. The average Bonchev–Trinajstić information content (AvgIpc) is 3.06.